The van der Waals surface area contributed by atoms with E-state index >= 15 is 0 Å². The zero-order chi connectivity index (χ0) is 13.0. The van der Waals surface area contributed by atoms with E-state index in [1.54, 1.807) is 19.1 Å². The van der Waals surface area contributed by atoms with Crippen molar-refractivity contribution < 1.29 is 4.74 Å². The summed E-state index contributed by atoms with van der Waals surface area (Å²) in [5.41, 5.74) is 8.64. The van der Waals surface area contributed by atoms with Gasteiger partial charge in [-0.25, -0.2) is 10.4 Å². The molecule has 0 saturated heterocycles. The van der Waals surface area contributed by atoms with Crippen LogP contribution < -0.4 is 10.5 Å². The minimum Gasteiger partial charge on any atom is -0.424 e. The number of nitrogens with two attached hydrogens (primary N) is 1. The number of aliphatic imine (C=N–C) groups is 1. The molecule has 0 amide bonds. The van der Waals surface area contributed by atoms with Gasteiger partial charge in [0, 0.05) is 17.5 Å². The molecule has 0 heterocycles. The fourth-order valence-corrected chi connectivity index (χ4v) is 1.10. The number of nitrogens with one attached hydrogen (secondary N) is 1. The van der Waals surface area contributed by atoms with Crippen LogP contribution >= 0.6 is 0 Å². The maximum atomic E-state index is 7.63. The van der Waals surface area contributed by atoms with E-state index < -0.39 is 0 Å². The first-order valence-corrected chi connectivity index (χ1v) is 5.24. The Hall–Kier alpha value is -2.10. The fourth-order valence-electron chi connectivity index (χ4n) is 1.10. The summed E-state index contributed by atoms with van der Waals surface area (Å²) in [6.45, 7) is 9.25. The zero-order valence-corrected chi connectivity index (χ0v) is 10.4. The van der Waals surface area contributed by atoms with Crippen molar-refractivity contribution in [2.75, 3.05) is 5.73 Å². The Morgan fingerprint density at radius 2 is 2.06 bits per heavy atom. The van der Waals surface area contributed by atoms with Crippen LogP contribution in [0.5, 0.6) is 5.75 Å². The standard InChI is InChI=1S/C13H17N3O/c1-8(2)10(4)16-13(15)17-12-7-11(14)6-5-9(12)3/h5-7,15H,1,14H2,2-4H3/b15-13?,16-10+. The lowest BCUT2D eigenvalue weighted by molar-refractivity contribution is 0.534. The second-order valence-electron chi connectivity index (χ2n) is 3.91. The van der Waals surface area contributed by atoms with Crippen LogP contribution in [0.2, 0.25) is 0 Å². The van der Waals surface area contributed by atoms with Crippen LogP contribution in [0.4, 0.5) is 5.69 Å². The molecule has 17 heavy (non-hydrogen) atoms. The van der Waals surface area contributed by atoms with Crippen molar-refractivity contribution in [2.24, 2.45) is 4.99 Å². The minimum absolute atomic E-state index is 0.167. The van der Waals surface area contributed by atoms with Crippen molar-refractivity contribution in [3.63, 3.8) is 0 Å². The van der Waals surface area contributed by atoms with E-state index in [2.05, 4.69) is 11.6 Å². The first-order chi connectivity index (χ1) is 7.90. The highest BCUT2D eigenvalue weighted by atomic mass is 16.5. The van der Waals surface area contributed by atoms with Gasteiger partial charge in [0.2, 0.25) is 0 Å². The number of hydrogen-bond acceptors (Lipinski definition) is 3. The van der Waals surface area contributed by atoms with Crippen molar-refractivity contribution in [2.45, 2.75) is 20.8 Å². The van der Waals surface area contributed by atoms with Gasteiger partial charge in [-0.15, -0.1) is 0 Å². The van der Waals surface area contributed by atoms with Gasteiger partial charge in [0.1, 0.15) is 5.75 Å². The van der Waals surface area contributed by atoms with Crippen molar-refractivity contribution >= 4 is 17.4 Å². The van der Waals surface area contributed by atoms with Crippen LogP contribution in [0.1, 0.15) is 19.4 Å². The fraction of sp³-hybridized carbons (Fsp3) is 0.231. The normalized spacial score (nSPS) is 11.1. The molecule has 0 radical (unpaired) electrons. The lowest BCUT2D eigenvalue weighted by Gasteiger charge is -2.08. The Morgan fingerprint density at radius 3 is 2.65 bits per heavy atom. The molecule has 0 atom stereocenters. The number of anilines is 1. The van der Waals surface area contributed by atoms with Gasteiger partial charge in [-0.3, -0.25) is 0 Å². The summed E-state index contributed by atoms with van der Waals surface area (Å²) in [5, 5.41) is 7.63. The number of nitrogens with zero attached hydrogens (tertiary/aromatic N) is 1. The average Bonchev–Trinajstić information content (AvgIpc) is 2.23. The van der Waals surface area contributed by atoms with Crippen LogP contribution in [0.25, 0.3) is 0 Å². The molecule has 1 aromatic rings. The van der Waals surface area contributed by atoms with Crippen molar-refractivity contribution in [3.05, 3.63) is 35.9 Å². The Morgan fingerprint density at radius 1 is 1.41 bits per heavy atom. The van der Waals surface area contributed by atoms with Crippen LogP contribution in [-0.2, 0) is 0 Å². The molecule has 0 aliphatic heterocycles. The Balaban J connectivity index is 2.85. The molecule has 3 N–H and O–H groups in total. The minimum atomic E-state index is -0.167. The van der Waals surface area contributed by atoms with Gasteiger partial charge < -0.3 is 10.5 Å². The van der Waals surface area contributed by atoms with Gasteiger partial charge in [0.25, 0.3) is 0 Å². The number of rotatable bonds is 2. The third-order valence-corrected chi connectivity index (χ3v) is 2.31. The molecule has 1 rings (SSSR count). The molecular formula is C13H17N3O. The smallest absolute Gasteiger partial charge is 0.314 e. The quantitative estimate of drug-likeness (QED) is 0.466. The average molecular weight is 231 g/mol. The largest absolute Gasteiger partial charge is 0.424 e. The molecule has 4 nitrogen and oxygen atoms in total. The molecule has 1 aromatic carbocycles. The van der Waals surface area contributed by atoms with E-state index in [0.29, 0.717) is 17.1 Å². The molecule has 0 bridgehead atoms. The third-order valence-electron chi connectivity index (χ3n) is 2.31. The number of hydrogen-bond donors (Lipinski definition) is 2. The summed E-state index contributed by atoms with van der Waals surface area (Å²) in [7, 11) is 0. The lowest BCUT2D eigenvalue weighted by Crippen LogP contribution is -2.08. The third kappa shape index (κ3) is 3.75. The highest BCUT2D eigenvalue weighted by Crippen LogP contribution is 2.21. The maximum Gasteiger partial charge on any atom is 0.314 e. The summed E-state index contributed by atoms with van der Waals surface area (Å²) in [5.74, 6) is 0.549. The van der Waals surface area contributed by atoms with E-state index in [0.717, 1.165) is 11.1 Å². The van der Waals surface area contributed by atoms with Gasteiger partial charge in [0.15, 0.2) is 0 Å². The van der Waals surface area contributed by atoms with Gasteiger partial charge in [0.05, 0.1) is 0 Å². The maximum absolute atomic E-state index is 7.63. The lowest BCUT2D eigenvalue weighted by atomic mass is 10.2. The first-order valence-electron chi connectivity index (χ1n) is 5.24. The molecule has 90 valence electrons. The Kier molecular flexibility index (Phi) is 4.04. The van der Waals surface area contributed by atoms with E-state index in [-0.39, 0.29) is 6.02 Å². The molecule has 0 aliphatic carbocycles. The van der Waals surface area contributed by atoms with E-state index in [4.69, 9.17) is 15.9 Å². The Bertz CT molecular complexity index is 489. The van der Waals surface area contributed by atoms with Gasteiger partial charge in [-0.2, -0.15) is 0 Å². The molecule has 0 aromatic heterocycles. The summed E-state index contributed by atoms with van der Waals surface area (Å²) in [4.78, 5) is 3.98. The van der Waals surface area contributed by atoms with Crippen LogP contribution in [0, 0.1) is 12.3 Å². The van der Waals surface area contributed by atoms with Crippen molar-refractivity contribution in [1.29, 1.82) is 5.41 Å². The molecule has 0 spiro atoms. The van der Waals surface area contributed by atoms with E-state index in [9.17, 15) is 0 Å². The second-order valence-corrected chi connectivity index (χ2v) is 3.91. The molecule has 0 aliphatic rings. The summed E-state index contributed by atoms with van der Waals surface area (Å²) < 4.78 is 5.32. The van der Waals surface area contributed by atoms with E-state index in [1.165, 1.54) is 0 Å². The van der Waals surface area contributed by atoms with Crippen molar-refractivity contribution in [1.82, 2.24) is 0 Å². The molecular weight excluding hydrogens is 214 g/mol. The predicted octanol–water partition coefficient (Wildman–Crippen LogP) is 2.93. The monoisotopic (exact) mass is 231 g/mol. The summed E-state index contributed by atoms with van der Waals surface area (Å²) in [6, 6.07) is 5.14. The van der Waals surface area contributed by atoms with Gasteiger partial charge >= 0.3 is 6.02 Å². The molecule has 0 saturated carbocycles. The molecule has 0 fully saturated rings. The van der Waals surface area contributed by atoms with Crippen LogP contribution in [-0.4, -0.2) is 11.7 Å². The van der Waals surface area contributed by atoms with Crippen molar-refractivity contribution in [3.8, 4) is 5.75 Å². The second kappa shape index (κ2) is 5.30. The van der Waals surface area contributed by atoms with Crippen LogP contribution in [0.15, 0.2) is 35.3 Å². The number of allylic oxidation sites excluding steroid dienone is 1. The predicted molar refractivity (Wildman–Crippen MR) is 71.9 cm³/mol. The van der Waals surface area contributed by atoms with Gasteiger partial charge in [-0.1, -0.05) is 12.6 Å². The number of nitrogen functional groups attached to an aromatic ring is 1. The number of ether oxygens (including phenoxy) is 1. The summed E-state index contributed by atoms with van der Waals surface area (Å²) in [6.07, 6.45) is 0. The van der Waals surface area contributed by atoms with Gasteiger partial charge in [-0.05, 0) is 38.0 Å². The highest BCUT2D eigenvalue weighted by Gasteiger charge is 2.04. The topological polar surface area (TPSA) is 71.5 Å². The van der Waals surface area contributed by atoms with E-state index in [1.807, 2.05) is 19.9 Å². The molecule has 4 heteroatoms. The number of aryl methyl sites for hydroxylation is 1. The Labute approximate surface area is 101 Å². The van der Waals surface area contributed by atoms with Crippen LogP contribution in [0.3, 0.4) is 0 Å². The zero-order valence-electron chi connectivity index (χ0n) is 10.4. The number of benzene rings is 1. The highest BCUT2D eigenvalue weighted by molar-refractivity contribution is 6.03. The first kappa shape index (κ1) is 13.0. The SMILES string of the molecule is C=C(C)/C(C)=N/C(=N)Oc1cc(N)ccc1C. The summed E-state index contributed by atoms with van der Waals surface area (Å²) >= 11 is 0. The number of amidine groups is 1. The molecule has 0 unspecified atom stereocenters.